The number of carboxylic acid groups (broad SMARTS) is 1. The van der Waals surface area contributed by atoms with Gasteiger partial charge in [0.2, 0.25) is 0 Å². The quantitative estimate of drug-likeness (QED) is 0.618. The molecule has 0 bridgehead atoms. The Kier molecular flexibility index (Phi) is 4.19. The van der Waals surface area contributed by atoms with E-state index in [0.717, 1.165) is 0 Å². The summed E-state index contributed by atoms with van der Waals surface area (Å²) in [4.78, 5) is 27.6. The molecule has 0 aliphatic carbocycles. The fraction of sp³-hybridized carbons (Fsp3) is 0.538. The maximum atomic E-state index is 11.2. The largest absolute Gasteiger partial charge is 0.480 e. The third-order valence-electron chi connectivity index (χ3n) is 3.78. The van der Waals surface area contributed by atoms with Gasteiger partial charge in [0.1, 0.15) is 6.04 Å². The van der Waals surface area contributed by atoms with Crippen molar-refractivity contribution in [3.05, 3.63) is 33.1 Å². The number of aliphatic hydroxyl groups is 1. The average molecular weight is 295 g/mol. The lowest BCUT2D eigenvalue weighted by Crippen LogP contribution is -2.36. The number of β-amino-alcohol motifs (C(OH)–C–C–N with tert-alkyl or cyclic N) is 1. The molecule has 1 aliphatic heterocycles. The number of carboxylic acids is 1. The predicted octanol–water partition coefficient (Wildman–Crippen LogP) is 0.626. The molecule has 1 saturated heterocycles. The summed E-state index contributed by atoms with van der Waals surface area (Å²) in [5, 5.41) is 29.9. The van der Waals surface area contributed by atoms with Crippen LogP contribution in [0, 0.1) is 24.0 Å². The standard InChI is InChI=1S/C13H17N3O5/c1-7-4-14-10(8(2)12(7)16(20)21)6-15-5-9(17)3-11(15)13(18)19/h4,9,11,17H,3,5-6H2,1-2H3,(H,18,19). The highest BCUT2D eigenvalue weighted by atomic mass is 16.6. The van der Waals surface area contributed by atoms with Crippen LogP contribution in [0.3, 0.4) is 0 Å². The van der Waals surface area contributed by atoms with Gasteiger partial charge in [-0.05, 0) is 13.8 Å². The maximum absolute atomic E-state index is 11.2. The van der Waals surface area contributed by atoms with Crippen LogP contribution in [0.4, 0.5) is 5.69 Å². The molecule has 2 unspecified atom stereocenters. The first-order chi connectivity index (χ1) is 9.81. The summed E-state index contributed by atoms with van der Waals surface area (Å²) >= 11 is 0. The number of rotatable bonds is 4. The van der Waals surface area contributed by atoms with Crippen molar-refractivity contribution in [3.8, 4) is 0 Å². The number of pyridine rings is 1. The van der Waals surface area contributed by atoms with Gasteiger partial charge in [-0.1, -0.05) is 0 Å². The van der Waals surface area contributed by atoms with Crippen molar-refractivity contribution in [3.63, 3.8) is 0 Å². The first-order valence-corrected chi connectivity index (χ1v) is 6.55. The van der Waals surface area contributed by atoms with E-state index in [1.165, 1.54) is 6.20 Å². The molecule has 0 aromatic carbocycles. The Morgan fingerprint density at radius 1 is 1.57 bits per heavy atom. The van der Waals surface area contributed by atoms with Crippen LogP contribution >= 0.6 is 0 Å². The minimum Gasteiger partial charge on any atom is -0.480 e. The number of nitrogens with zero attached hydrogens (tertiary/aromatic N) is 3. The van der Waals surface area contributed by atoms with Gasteiger partial charge < -0.3 is 10.2 Å². The van der Waals surface area contributed by atoms with Crippen molar-refractivity contribution >= 4 is 11.7 Å². The fourth-order valence-corrected chi connectivity index (χ4v) is 2.71. The molecule has 114 valence electrons. The third kappa shape index (κ3) is 3.01. The molecule has 2 atom stereocenters. The first kappa shape index (κ1) is 15.3. The second-order valence-electron chi connectivity index (χ2n) is 5.29. The Bertz CT molecular complexity index is 589. The number of hydrogen-bond donors (Lipinski definition) is 2. The van der Waals surface area contributed by atoms with Crippen molar-refractivity contribution in [2.45, 2.75) is 39.0 Å². The van der Waals surface area contributed by atoms with Crippen LogP contribution in [0.2, 0.25) is 0 Å². The lowest BCUT2D eigenvalue weighted by molar-refractivity contribution is -0.386. The van der Waals surface area contributed by atoms with Gasteiger partial charge in [-0.2, -0.15) is 0 Å². The molecular formula is C13H17N3O5. The number of carbonyl (C=O) groups is 1. The topological polar surface area (TPSA) is 117 Å². The second kappa shape index (κ2) is 5.74. The van der Waals surface area contributed by atoms with Crippen molar-refractivity contribution in [1.82, 2.24) is 9.88 Å². The van der Waals surface area contributed by atoms with Crippen molar-refractivity contribution in [2.24, 2.45) is 0 Å². The Balaban J connectivity index is 2.30. The maximum Gasteiger partial charge on any atom is 0.321 e. The summed E-state index contributed by atoms with van der Waals surface area (Å²) in [5.74, 6) is -1.01. The molecule has 1 fully saturated rings. The van der Waals surface area contributed by atoms with E-state index in [1.807, 2.05) is 0 Å². The summed E-state index contributed by atoms with van der Waals surface area (Å²) in [7, 11) is 0. The van der Waals surface area contributed by atoms with E-state index in [2.05, 4.69) is 4.98 Å². The van der Waals surface area contributed by atoms with Crippen LogP contribution in [0.5, 0.6) is 0 Å². The van der Waals surface area contributed by atoms with Crippen LogP contribution in [-0.2, 0) is 11.3 Å². The molecule has 1 aromatic heterocycles. The Morgan fingerprint density at radius 2 is 2.24 bits per heavy atom. The highest BCUT2D eigenvalue weighted by Crippen LogP contribution is 2.27. The zero-order valence-corrected chi connectivity index (χ0v) is 11.8. The summed E-state index contributed by atoms with van der Waals surface area (Å²) < 4.78 is 0. The molecule has 8 nitrogen and oxygen atoms in total. The highest BCUT2D eigenvalue weighted by molar-refractivity contribution is 5.74. The van der Waals surface area contributed by atoms with E-state index >= 15 is 0 Å². The molecular weight excluding hydrogens is 278 g/mol. The Hall–Kier alpha value is -2.06. The van der Waals surface area contributed by atoms with Gasteiger partial charge in [-0.3, -0.25) is 24.8 Å². The minimum absolute atomic E-state index is 0.00613. The van der Waals surface area contributed by atoms with Gasteiger partial charge in [-0.15, -0.1) is 0 Å². The van der Waals surface area contributed by atoms with Gasteiger partial charge in [-0.25, -0.2) is 0 Å². The van der Waals surface area contributed by atoms with Crippen LogP contribution in [0.15, 0.2) is 6.20 Å². The van der Waals surface area contributed by atoms with Crippen molar-refractivity contribution in [1.29, 1.82) is 0 Å². The number of hydrogen-bond acceptors (Lipinski definition) is 6. The summed E-state index contributed by atoms with van der Waals surface area (Å²) in [6.07, 6.45) is 0.872. The molecule has 0 spiro atoms. The number of likely N-dealkylation sites (tertiary alicyclic amines) is 1. The van der Waals surface area contributed by atoms with E-state index in [0.29, 0.717) is 16.8 Å². The van der Waals surface area contributed by atoms with Crippen LogP contribution in [0.25, 0.3) is 0 Å². The smallest absolute Gasteiger partial charge is 0.321 e. The summed E-state index contributed by atoms with van der Waals surface area (Å²) in [6.45, 7) is 3.61. The molecule has 0 amide bonds. The third-order valence-corrected chi connectivity index (χ3v) is 3.78. The average Bonchev–Trinajstić information content (AvgIpc) is 2.74. The Labute approximate surface area is 121 Å². The number of aryl methyl sites for hydroxylation is 1. The second-order valence-corrected chi connectivity index (χ2v) is 5.29. The zero-order chi connectivity index (χ0) is 15.7. The van der Waals surface area contributed by atoms with Crippen LogP contribution in [0.1, 0.15) is 23.2 Å². The molecule has 21 heavy (non-hydrogen) atoms. The molecule has 0 saturated carbocycles. The van der Waals surface area contributed by atoms with Gasteiger partial charge in [0.15, 0.2) is 0 Å². The summed E-state index contributed by atoms with van der Waals surface area (Å²) in [6, 6.07) is -0.790. The molecule has 1 aliphatic rings. The SMILES string of the molecule is Cc1cnc(CN2CC(O)CC2C(=O)O)c(C)c1[N+](=O)[O-]. The Morgan fingerprint density at radius 3 is 2.81 bits per heavy atom. The zero-order valence-electron chi connectivity index (χ0n) is 11.8. The summed E-state index contributed by atoms with van der Waals surface area (Å²) in [5.41, 5.74) is 1.38. The van der Waals surface area contributed by atoms with E-state index in [1.54, 1.807) is 18.7 Å². The highest BCUT2D eigenvalue weighted by Gasteiger charge is 2.36. The number of aromatic nitrogens is 1. The van der Waals surface area contributed by atoms with E-state index in [4.69, 9.17) is 5.11 Å². The lowest BCUT2D eigenvalue weighted by atomic mass is 10.1. The van der Waals surface area contributed by atoms with Gasteiger partial charge in [0.25, 0.3) is 5.69 Å². The minimum atomic E-state index is -1.01. The number of aliphatic hydroxyl groups excluding tert-OH is 1. The molecule has 1 aromatic rings. The van der Waals surface area contributed by atoms with E-state index in [9.17, 15) is 20.0 Å². The normalized spacial score (nSPS) is 22.4. The van der Waals surface area contributed by atoms with Crippen molar-refractivity contribution < 1.29 is 19.9 Å². The van der Waals surface area contributed by atoms with Gasteiger partial charge in [0.05, 0.1) is 16.7 Å². The molecule has 8 heteroatoms. The van der Waals surface area contributed by atoms with E-state index in [-0.39, 0.29) is 25.2 Å². The fourth-order valence-electron chi connectivity index (χ4n) is 2.71. The predicted molar refractivity (Wildman–Crippen MR) is 72.8 cm³/mol. The van der Waals surface area contributed by atoms with Gasteiger partial charge >= 0.3 is 5.97 Å². The van der Waals surface area contributed by atoms with E-state index < -0.39 is 23.0 Å². The molecule has 2 heterocycles. The number of nitro groups is 1. The number of aliphatic carboxylic acids is 1. The monoisotopic (exact) mass is 295 g/mol. The van der Waals surface area contributed by atoms with Crippen molar-refractivity contribution in [2.75, 3.05) is 6.54 Å². The lowest BCUT2D eigenvalue weighted by Gasteiger charge is -2.21. The molecule has 0 radical (unpaired) electrons. The molecule has 2 rings (SSSR count). The van der Waals surface area contributed by atoms with Crippen LogP contribution < -0.4 is 0 Å². The van der Waals surface area contributed by atoms with Gasteiger partial charge in [0, 0.05) is 36.8 Å². The first-order valence-electron chi connectivity index (χ1n) is 6.55. The van der Waals surface area contributed by atoms with Crippen LogP contribution in [-0.4, -0.2) is 49.7 Å². The molecule has 2 N–H and O–H groups in total.